The number of methoxy groups -OCH3 is 1. The molecule has 0 aliphatic rings. The lowest BCUT2D eigenvalue weighted by atomic mass is 10.1. The lowest BCUT2D eigenvalue weighted by Crippen LogP contribution is -2.37. The van der Waals surface area contributed by atoms with E-state index in [0.717, 1.165) is 34.8 Å². The fraction of sp³-hybridized carbons (Fsp3) is 0.333. The normalized spacial score (nSPS) is 10.6. The van der Waals surface area contributed by atoms with Crippen LogP contribution in [-0.4, -0.2) is 39.6 Å². The van der Waals surface area contributed by atoms with Gasteiger partial charge in [0, 0.05) is 32.7 Å². The molecule has 0 aliphatic carbocycles. The molecule has 0 bridgehead atoms. The predicted octanol–water partition coefficient (Wildman–Crippen LogP) is 2.89. The summed E-state index contributed by atoms with van der Waals surface area (Å²) in [7, 11) is 5.06. The van der Waals surface area contributed by atoms with E-state index in [4.69, 9.17) is 4.74 Å². The van der Waals surface area contributed by atoms with Crippen molar-refractivity contribution in [3.8, 4) is 5.75 Å². The Hall–Kier alpha value is -2.29. The summed E-state index contributed by atoms with van der Waals surface area (Å²) in [4.78, 5) is 16.0. The summed E-state index contributed by atoms with van der Waals surface area (Å²) in [5.74, 6) is 1.54. The van der Waals surface area contributed by atoms with Crippen molar-refractivity contribution in [3.05, 3.63) is 64.7 Å². The minimum atomic E-state index is -0.0733. The minimum Gasteiger partial charge on any atom is -0.496 e. The molecule has 152 valence electrons. The van der Waals surface area contributed by atoms with Gasteiger partial charge in [0.2, 0.25) is 0 Å². The van der Waals surface area contributed by atoms with Gasteiger partial charge in [0.15, 0.2) is 5.96 Å². The topological polar surface area (TPSA) is 74.8 Å². The van der Waals surface area contributed by atoms with Crippen LogP contribution in [0, 0.1) is 6.92 Å². The molecular formula is C21H29IN4O2. The van der Waals surface area contributed by atoms with Gasteiger partial charge >= 0.3 is 0 Å². The zero-order chi connectivity index (χ0) is 19.6. The molecule has 0 fully saturated rings. The maximum atomic E-state index is 11.7. The largest absolute Gasteiger partial charge is 0.496 e. The number of ether oxygens (including phenoxy) is 1. The van der Waals surface area contributed by atoms with E-state index in [0.29, 0.717) is 18.7 Å². The fourth-order valence-corrected chi connectivity index (χ4v) is 2.72. The molecule has 2 rings (SSSR count). The number of nitrogens with zero attached hydrogens (tertiary/aromatic N) is 1. The Morgan fingerprint density at radius 2 is 1.89 bits per heavy atom. The van der Waals surface area contributed by atoms with Gasteiger partial charge in [-0.2, -0.15) is 0 Å². The van der Waals surface area contributed by atoms with E-state index in [1.54, 1.807) is 21.2 Å². The summed E-state index contributed by atoms with van der Waals surface area (Å²) < 4.78 is 5.37. The van der Waals surface area contributed by atoms with Gasteiger partial charge in [0.1, 0.15) is 5.75 Å². The van der Waals surface area contributed by atoms with E-state index < -0.39 is 0 Å². The second-order valence-electron chi connectivity index (χ2n) is 6.19. The van der Waals surface area contributed by atoms with Crippen LogP contribution in [0.4, 0.5) is 0 Å². The smallest absolute Gasteiger partial charge is 0.251 e. The van der Waals surface area contributed by atoms with Crippen LogP contribution in [0.1, 0.15) is 27.0 Å². The Bertz CT molecular complexity index is 809. The molecule has 3 N–H and O–H groups in total. The molecule has 2 aromatic rings. The number of aliphatic imine (C=N–C) groups is 1. The highest BCUT2D eigenvalue weighted by atomic mass is 127. The summed E-state index contributed by atoms with van der Waals surface area (Å²) in [6.07, 6.45) is 0.796. The van der Waals surface area contributed by atoms with Gasteiger partial charge in [0.25, 0.3) is 5.91 Å². The first-order valence-corrected chi connectivity index (χ1v) is 8.96. The van der Waals surface area contributed by atoms with Crippen LogP contribution in [0.15, 0.2) is 47.5 Å². The Labute approximate surface area is 184 Å². The van der Waals surface area contributed by atoms with Crippen molar-refractivity contribution in [1.29, 1.82) is 0 Å². The van der Waals surface area contributed by atoms with Crippen LogP contribution < -0.4 is 20.7 Å². The van der Waals surface area contributed by atoms with Crippen LogP contribution in [0.25, 0.3) is 0 Å². The molecule has 7 heteroatoms. The molecule has 0 aromatic heterocycles. The van der Waals surface area contributed by atoms with E-state index in [1.165, 1.54) is 0 Å². The summed E-state index contributed by atoms with van der Waals surface area (Å²) in [6, 6.07) is 13.8. The van der Waals surface area contributed by atoms with E-state index in [9.17, 15) is 4.79 Å². The van der Waals surface area contributed by atoms with E-state index >= 15 is 0 Å². The Morgan fingerprint density at radius 1 is 1.11 bits per heavy atom. The summed E-state index contributed by atoms with van der Waals surface area (Å²) >= 11 is 0. The van der Waals surface area contributed by atoms with Gasteiger partial charge in [-0.15, -0.1) is 24.0 Å². The molecule has 0 aliphatic heterocycles. The second kappa shape index (κ2) is 12.2. The molecule has 0 saturated heterocycles. The number of hydrogen-bond donors (Lipinski definition) is 3. The molecule has 1 amide bonds. The number of guanidine groups is 1. The van der Waals surface area contributed by atoms with Crippen LogP contribution >= 0.6 is 24.0 Å². The lowest BCUT2D eigenvalue weighted by molar-refractivity contribution is 0.0963. The number of carbonyl (C=O) groups excluding carboxylic acids is 1. The van der Waals surface area contributed by atoms with Crippen molar-refractivity contribution in [2.45, 2.75) is 19.9 Å². The molecule has 0 radical (unpaired) electrons. The Kier molecular flexibility index (Phi) is 10.4. The third-order valence-corrected chi connectivity index (χ3v) is 4.28. The quantitative estimate of drug-likeness (QED) is 0.313. The van der Waals surface area contributed by atoms with Crippen LogP contribution in [0.2, 0.25) is 0 Å². The predicted molar refractivity (Wildman–Crippen MR) is 125 cm³/mol. The highest BCUT2D eigenvalue weighted by molar-refractivity contribution is 14.0. The molecular weight excluding hydrogens is 467 g/mol. The van der Waals surface area contributed by atoms with Gasteiger partial charge in [-0.05, 0) is 48.2 Å². The van der Waals surface area contributed by atoms with Crippen molar-refractivity contribution >= 4 is 35.8 Å². The fourth-order valence-electron chi connectivity index (χ4n) is 2.72. The van der Waals surface area contributed by atoms with Crippen LogP contribution in [0.3, 0.4) is 0 Å². The third-order valence-electron chi connectivity index (χ3n) is 4.28. The molecule has 0 atom stereocenters. The number of benzene rings is 2. The average Bonchev–Trinajstić information content (AvgIpc) is 2.71. The average molecular weight is 496 g/mol. The number of carbonyl (C=O) groups is 1. The van der Waals surface area contributed by atoms with Crippen molar-refractivity contribution in [1.82, 2.24) is 16.0 Å². The highest BCUT2D eigenvalue weighted by Gasteiger charge is 2.05. The number of aryl methyl sites for hydroxylation is 1. The maximum Gasteiger partial charge on any atom is 0.251 e. The zero-order valence-corrected chi connectivity index (χ0v) is 19.2. The molecule has 0 heterocycles. The van der Waals surface area contributed by atoms with E-state index in [-0.39, 0.29) is 29.9 Å². The first kappa shape index (κ1) is 23.7. The van der Waals surface area contributed by atoms with Gasteiger partial charge in [-0.1, -0.05) is 24.3 Å². The monoisotopic (exact) mass is 496 g/mol. The Morgan fingerprint density at radius 3 is 2.57 bits per heavy atom. The van der Waals surface area contributed by atoms with Gasteiger partial charge in [0.05, 0.1) is 7.11 Å². The van der Waals surface area contributed by atoms with Crippen LogP contribution in [0.5, 0.6) is 5.75 Å². The third kappa shape index (κ3) is 7.03. The molecule has 0 saturated carbocycles. The first-order valence-electron chi connectivity index (χ1n) is 8.96. The number of halogens is 1. The van der Waals surface area contributed by atoms with Crippen molar-refractivity contribution < 1.29 is 9.53 Å². The summed E-state index contributed by atoms with van der Waals surface area (Å²) in [5, 5.41) is 9.24. The summed E-state index contributed by atoms with van der Waals surface area (Å²) in [5.41, 5.74) is 4.01. The standard InChI is InChI=1S/C21H28N4O2.HI/c1-15-8-9-17(13-19(15)27-4)14-25-21(23-3)24-11-10-16-6-5-7-18(12-16)20(26)22-2;/h5-9,12-13H,10-11,14H2,1-4H3,(H,22,26)(H2,23,24,25);1H. The molecule has 0 spiro atoms. The second-order valence-corrected chi connectivity index (χ2v) is 6.19. The summed E-state index contributed by atoms with van der Waals surface area (Å²) in [6.45, 7) is 3.40. The highest BCUT2D eigenvalue weighted by Crippen LogP contribution is 2.18. The van der Waals surface area contributed by atoms with E-state index in [2.05, 4.69) is 27.0 Å². The maximum absolute atomic E-state index is 11.7. The number of hydrogen-bond acceptors (Lipinski definition) is 3. The number of amides is 1. The Balaban J connectivity index is 0.00000392. The van der Waals surface area contributed by atoms with Gasteiger partial charge in [-0.25, -0.2) is 0 Å². The van der Waals surface area contributed by atoms with Crippen molar-refractivity contribution in [2.24, 2.45) is 4.99 Å². The molecule has 2 aromatic carbocycles. The van der Waals surface area contributed by atoms with Gasteiger partial charge < -0.3 is 20.7 Å². The lowest BCUT2D eigenvalue weighted by Gasteiger charge is -2.13. The zero-order valence-electron chi connectivity index (χ0n) is 16.8. The van der Waals surface area contributed by atoms with Crippen molar-refractivity contribution in [2.75, 3.05) is 27.7 Å². The van der Waals surface area contributed by atoms with E-state index in [1.807, 2.05) is 43.3 Å². The SMILES string of the molecule is CN=C(NCCc1cccc(C(=O)NC)c1)NCc1ccc(C)c(OC)c1.I. The number of nitrogens with one attached hydrogen (secondary N) is 3. The molecule has 28 heavy (non-hydrogen) atoms. The number of rotatable bonds is 7. The van der Waals surface area contributed by atoms with Gasteiger partial charge in [-0.3, -0.25) is 9.79 Å². The first-order chi connectivity index (χ1) is 13.1. The molecule has 6 nitrogen and oxygen atoms in total. The minimum absolute atomic E-state index is 0. The van der Waals surface area contributed by atoms with Crippen LogP contribution in [-0.2, 0) is 13.0 Å². The molecule has 0 unspecified atom stereocenters. The van der Waals surface area contributed by atoms with Crippen molar-refractivity contribution in [3.63, 3.8) is 0 Å².